The number of rotatable bonds is 6. The number of ether oxygens (including phenoxy) is 2. The van der Waals surface area contributed by atoms with Gasteiger partial charge in [-0.3, -0.25) is 4.79 Å². The Morgan fingerprint density at radius 2 is 1.94 bits per heavy atom. The van der Waals surface area contributed by atoms with Crippen molar-refractivity contribution in [3.63, 3.8) is 0 Å². The van der Waals surface area contributed by atoms with Crippen LogP contribution in [0.15, 0.2) is 18.2 Å². The van der Waals surface area contributed by atoms with Gasteiger partial charge >= 0.3 is 0 Å². The van der Waals surface area contributed by atoms with Gasteiger partial charge in [-0.1, -0.05) is 15.9 Å². The van der Waals surface area contributed by atoms with E-state index in [-0.39, 0.29) is 5.91 Å². The van der Waals surface area contributed by atoms with E-state index in [1.165, 1.54) is 0 Å². The van der Waals surface area contributed by atoms with Crippen LogP contribution in [0.25, 0.3) is 0 Å². The molecule has 0 saturated heterocycles. The normalized spacial score (nSPS) is 10.0. The molecule has 0 N–H and O–H groups in total. The van der Waals surface area contributed by atoms with Gasteiger partial charge < -0.3 is 14.4 Å². The summed E-state index contributed by atoms with van der Waals surface area (Å²) in [4.78, 5) is 13.7. The van der Waals surface area contributed by atoms with Crippen LogP contribution >= 0.6 is 15.9 Å². The zero-order chi connectivity index (χ0) is 13.5. The molecule has 0 radical (unpaired) electrons. The zero-order valence-electron chi connectivity index (χ0n) is 10.9. The van der Waals surface area contributed by atoms with E-state index < -0.39 is 0 Å². The Balaban J connectivity index is 3.03. The Hall–Kier alpha value is -1.23. The minimum Gasteiger partial charge on any atom is -0.493 e. The summed E-state index contributed by atoms with van der Waals surface area (Å²) in [6.45, 7) is 2.57. The molecule has 0 aliphatic heterocycles. The minimum absolute atomic E-state index is 0.0848. The lowest BCUT2D eigenvalue weighted by Crippen LogP contribution is -2.30. The molecule has 0 aliphatic rings. The second-order valence-electron chi connectivity index (χ2n) is 3.62. The predicted molar refractivity (Wildman–Crippen MR) is 76.0 cm³/mol. The van der Waals surface area contributed by atoms with Crippen LogP contribution in [0, 0.1) is 0 Å². The molecule has 0 saturated carbocycles. The number of carbonyl (C=O) groups excluding carboxylic acids is 1. The summed E-state index contributed by atoms with van der Waals surface area (Å²) in [5, 5.41) is 0.662. The van der Waals surface area contributed by atoms with E-state index in [0.29, 0.717) is 29.8 Å². The number of carbonyl (C=O) groups is 1. The molecule has 1 amide bonds. The van der Waals surface area contributed by atoms with Gasteiger partial charge in [-0.25, -0.2) is 0 Å². The third-order valence-electron chi connectivity index (χ3n) is 2.60. The number of amides is 1. The van der Waals surface area contributed by atoms with E-state index in [2.05, 4.69) is 15.9 Å². The highest BCUT2D eigenvalue weighted by atomic mass is 79.9. The van der Waals surface area contributed by atoms with Crippen LogP contribution in [-0.4, -0.2) is 32.0 Å². The number of halogens is 1. The van der Waals surface area contributed by atoms with Crippen LogP contribution in [-0.2, 0) is 4.79 Å². The number of benzene rings is 1. The molecule has 100 valence electrons. The number of methoxy groups -OCH3 is 2. The van der Waals surface area contributed by atoms with E-state index in [4.69, 9.17) is 9.47 Å². The van der Waals surface area contributed by atoms with Crippen LogP contribution in [0.5, 0.6) is 11.5 Å². The van der Waals surface area contributed by atoms with E-state index in [0.717, 1.165) is 5.69 Å². The molecule has 5 heteroatoms. The van der Waals surface area contributed by atoms with Crippen molar-refractivity contribution in [1.29, 1.82) is 0 Å². The van der Waals surface area contributed by atoms with Gasteiger partial charge in [0.25, 0.3) is 0 Å². The standard InChI is InChI=1S/C13H18BrNO3/c1-4-15(13(16)7-8-14)10-5-6-11(17-2)12(9-10)18-3/h5-6,9H,4,7-8H2,1-3H3. The van der Waals surface area contributed by atoms with Gasteiger partial charge in [0.1, 0.15) is 0 Å². The zero-order valence-corrected chi connectivity index (χ0v) is 12.5. The second kappa shape index (κ2) is 7.26. The van der Waals surface area contributed by atoms with E-state index in [1.807, 2.05) is 19.1 Å². The minimum atomic E-state index is 0.0848. The van der Waals surface area contributed by atoms with E-state index in [9.17, 15) is 4.79 Å². The Kier molecular flexibility index (Phi) is 5.98. The molecule has 0 spiro atoms. The van der Waals surface area contributed by atoms with Gasteiger partial charge in [0.2, 0.25) is 5.91 Å². The fraction of sp³-hybridized carbons (Fsp3) is 0.462. The Morgan fingerprint density at radius 1 is 1.28 bits per heavy atom. The van der Waals surface area contributed by atoms with Gasteiger partial charge in [0, 0.05) is 30.0 Å². The molecule has 0 unspecified atom stereocenters. The van der Waals surface area contributed by atoms with Gasteiger partial charge in [-0.15, -0.1) is 0 Å². The molecule has 4 nitrogen and oxygen atoms in total. The molecule has 18 heavy (non-hydrogen) atoms. The molecule has 0 aromatic heterocycles. The average Bonchev–Trinajstić information content (AvgIpc) is 2.39. The van der Waals surface area contributed by atoms with E-state index >= 15 is 0 Å². The van der Waals surface area contributed by atoms with Crippen molar-refractivity contribution in [2.75, 3.05) is 31.0 Å². The Morgan fingerprint density at radius 3 is 2.44 bits per heavy atom. The Labute approximate surface area is 116 Å². The van der Waals surface area contributed by atoms with Crippen molar-refractivity contribution in [1.82, 2.24) is 0 Å². The number of hydrogen-bond acceptors (Lipinski definition) is 3. The van der Waals surface area contributed by atoms with Crippen LogP contribution in [0.1, 0.15) is 13.3 Å². The third-order valence-corrected chi connectivity index (χ3v) is 3.00. The molecular formula is C13H18BrNO3. The first kappa shape index (κ1) is 14.8. The summed E-state index contributed by atoms with van der Waals surface area (Å²) < 4.78 is 10.4. The molecular weight excluding hydrogens is 298 g/mol. The predicted octanol–water partition coefficient (Wildman–Crippen LogP) is 2.84. The van der Waals surface area contributed by atoms with Crippen LogP contribution in [0.2, 0.25) is 0 Å². The first-order chi connectivity index (χ1) is 8.67. The second-order valence-corrected chi connectivity index (χ2v) is 4.41. The number of nitrogens with zero attached hydrogens (tertiary/aromatic N) is 1. The molecule has 1 aromatic carbocycles. The average molecular weight is 316 g/mol. The summed E-state index contributed by atoms with van der Waals surface area (Å²) in [5.74, 6) is 1.37. The monoisotopic (exact) mass is 315 g/mol. The van der Waals surface area contributed by atoms with Crippen molar-refractivity contribution >= 4 is 27.5 Å². The lowest BCUT2D eigenvalue weighted by molar-refractivity contribution is -0.118. The van der Waals surface area contributed by atoms with Crippen LogP contribution < -0.4 is 14.4 Å². The quantitative estimate of drug-likeness (QED) is 0.758. The largest absolute Gasteiger partial charge is 0.493 e. The first-order valence-electron chi connectivity index (χ1n) is 5.76. The maximum Gasteiger partial charge on any atom is 0.227 e. The maximum absolute atomic E-state index is 12.0. The van der Waals surface area contributed by atoms with Gasteiger partial charge in [0.15, 0.2) is 11.5 Å². The Bertz CT molecular complexity index is 409. The summed E-state index contributed by atoms with van der Waals surface area (Å²) in [6, 6.07) is 5.48. The summed E-state index contributed by atoms with van der Waals surface area (Å²) in [5.41, 5.74) is 0.820. The van der Waals surface area contributed by atoms with Gasteiger partial charge in [0.05, 0.1) is 14.2 Å². The molecule has 0 bridgehead atoms. The number of hydrogen-bond donors (Lipinski definition) is 0. The lowest BCUT2D eigenvalue weighted by atomic mass is 10.2. The van der Waals surface area contributed by atoms with Crippen molar-refractivity contribution in [3.05, 3.63) is 18.2 Å². The molecule has 0 fully saturated rings. The molecule has 0 heterocycles. The highest BCUT2D eigenvalue weighted by Crippen LogP contribution is 2.31. The van der Waals surface area contributed by atoms with Crippen LogP contribution in [0.4, 0.5) is 5.69 Å². The van der Waals surface area contributed by atoms with Crippen molar-refractivity contribution in [2.24, 2.45) is 0 Å². The fourth-order valence-corrected chi connectivity index (χ4v) is 2.05. The molecule has 0 aliphatic carbocycles. The lowest BCUT2D eigenvalue weighted by Gasteiger charge is -2.21. The fourth-order valence-electron chi connectivity index (χ4n) is 1.71. The van der Waals surface area contributed by atoms with Crippen molar-refractivity contribution < 1.29 is 14.3 Å². The topological polar surface area (TPSA) is 38.8 Å². The number of alkyl halides is 1. The summed E-state index contributed by atoms with van der Waals surface area (Å²) in [6.07, 6.45) is 0.474. The van der Waals surface area contributed by atoms with Gasteiger partial charge in [-0.05, 0) is 19.1 Å². The first-order valence-corrected chi connectivity index (χ1v) is 6.88. The SMILES string of the molecule is CCN(C(=O)CCBr)c1ccc(OC)c(OC)c1. The molecule has 0 atom stereocenters. The smallest absolute Gasteiger partial charge is 0.227 e. The summed E-state index contributed by atoms with van der Waals surface area (Å²) >= 11 is 3.28. The summed E-state index contributed by atoms with van der Waals surface area (Å²) in [7, 11) is 3.17. The molecule has 1 rings (SSSR count). The van der Waals surface area contributed by atoms with Crippen molar-refractivity contribution in [2.45, 2.75) is 13.3 Å². The molecule has 1 aromatic rings. The highest BCUT2D eigenvalue weighted by Gasteiger charge is 2.15. The maximum atomic E-state index is 12.0. The number of anilines is 1. The van der Waals surface area contributed by atoms with E-state index in [1.54, 1.807) is 25.2 Å². The highest BCUT2D eigenvalue weighted by molar-refractivity contribution is 9.09. The third kappa shape index (κ3) is 3.38. The van der Waals surface area contributed by atoms with Gasteiger partial charge in [-0.2, -0.15) is 0 Å². The van der Waals surface area contributed by atoms with Crippen molar-refractivity contribution in [3.8, 4) is 11.5 Å². The van der Waals surface area contributed by atoms with Crippen LogP contribution in [0.3, 0.4) is 0 Å².